The van der Waals surface area contributed by atoms with E-state index in [1.54, 1.807) is 11.3 Å². The second-order valence-corrected chi connectivity index (χ2v) is 7.85. The molecule has 0 saturated carbocycles. The highest BCUT2D eigenvalue weighted by atomic mass is 32.2. The lowest BCUT2D eigenvalue weighted by atomic mass is 10.2. The molecule has 0 unspecified atom stereocenters. The van der Waals surface area contributed by atoms with Gasteiger partial charge in [-0.05, 0) is 30.7 Å². The molecule has 118 valence electrons. The van der Waals surface area contributed by atoms with E-state index in [0.29, 0.717) is 18.5 Å². The maximum atomic E-state index is 12.0. The van der Waals surface area contributed by atoms with Gasteiger partial charge < -0.3 is 5.32 Å². The van der Waals surface area contributed by atoms with Crippen molar-refractivity contribution < 1.29 is 13.2 Å². The minimum Gasteiger partial charge on any atom is -0.352 e. The van der Waals surface area contributed by atoms with Crippen molar-refractivity contribution in [1.29, 1.82) is 0 Å². The van der Waals surface area contributed by atoms with E-state index in [-0.39, 0.29) is 10.8 Å². The Bertz CT molecular complexity index is 749. The molecular weight excluding hydrogens is 320 g/mol. The predicted molar refractivity (Wildman–Crippen MR) is 87.1 cm³/mol. The second-order valence-electron chi connectivity index (χ2n) is 4.89. The molecule has 0 fully saturated rings. The first-order chi connectivity index (χ1) is 10.4. The van der Waals surface area contributed by atoms with Crippen molar-refractivity contribution in [1.82, 2.24) is 10.3 Å². The zero-order valence-corrected chi connectivity index (χ0v) is 14.1. The molecule has 1 aromatic carbocycles. The predicted octanol–water partition coefficient (Wildman–Crippen LogP) is 2.08. The van der Waals surface area contributed by atoms with Crippen molar-refractivity contribution in [3.8, 4) is 0 Å². The second kappa shape index (κ2) is 7.02. The van der Waals surface area contributed by atoms with Gasteiger partial charge in [-0.2, -0.15) is 0 Å². The fraction of sp³-hybridized carbons (Fsp3) is 0.333. The number of hydrogen-bond donors (Lipinski definition) is 1. The summed E-state index contributed by atoms with van der Waals surface area (Å²) in [6.45, 7) is 2.56. The molecule has 1 aromatic heterocycles. The monoisotopic (exact) mass is 338 g/mol. The van der Waals surface area contributed by atoms with Crippen LogP contribution in [0.2, 0.25) is 0 Å². The number of nitrogens with zero attached hydrogens (tertiary/aromatic N) is 1. The summed E-state index contributed by atoms with van der Waals surface area (Å²) in [7, 11) is -3.24. The highest BCUT2D eigenvalue weighted by Crippen LogP contribution is 2.11. The Morgan fingerprint density at radius 2 is 1.95 bits per heavy atom. The summed E-state index contributed by atoms with van der Waals surface area (Å²) >= 11 is 1.63. The molecule has 2 aromatic rings. The Morgan fingerprint density at radius 1 is 1.27 bits per heavy atom. The minimum absolute atomic E-state index is 0.207. The van der Waals surface area contributed by atoms with Crippen LogP contribution in [0.25, 0.3) is 0 Å². The van der Waals surface area contributed by atoms with Gasteiger partial charge >= 0.3 is 0 Å². The van der Waals surface area contributed by atoms with Crippen LogP contribution in [0, 0.1) is 0 Å². The van der Waals surface area contributed by atoms with Crippen LogP contribution < -0.4 is 5.32 Å². The third-order valence-electron chi connectivity index (χ3n) is 3.11. The number of aromatic nitrogens is 1. The van der Waals surface area contributed by atoms with E-state index < -0.39 is 9.84 Å². The highest BCUT2D eigenvalue weighted by molar-refractivity contribution is 7.90. The van der Waals surface area contributed by atoms with Gasteiger partial charge in [0.1, 0.15) is 0 Å². The molecule has 1 N–H and O–H groups in total. The van der Waals surface area contributed by atoms with Crippen LogP contribution in [-0.2, 0) is 22.7 Å². The van der Waals surface area contributed by atoms with E-state index in [0.717, 1.165) is 23.4 Å². The van der Waals surface area contributed by atoms with Crippen LogP contribution in [0.1, 0.15) is 28.0 Å². The van der Waals surface area contributed by atoms with Gasteiger partial charge in [0.25, 0.3) is 5.91 Å². The van der Waals surface area contributed by atoms with Gasteiger partial charge in [0.2, 0.25) is 0 Å². The maximum absolute atomic E-state index is 12.0. The molecule has 0 bridgehead atoms. The number of thiazole rings is 1. The molecule has 0 aliphatic carbocycles. The van der Waals surface area contributed by atoms with E-state index in [1.165, 1.54) is 24.3 Å². The number of rotatable bonds is 6. The number of carbonyl (C=O) groups excluding carboxylic acids is 1. The smallest absolute Gasteiger partial charge is 0.251 e. The van der Waals surface area contributed by atoms with Crippen molar-refractivity contribution in [3.05, 3.63) is 45.9 Å². The van der Waals surface area contributed by atoms with Crippen molar-refractivity contribution in [3.63, 3.8) is 0 Å². The summed E-state index contributed by atoms with van der Waals surface area (Å²) in [5.74, 6) is -0.217. The average molecular weight is 338 g/mol. The lowest BCUT2D eigenvalue weighted by molar-refractivity contribution is 0.0954. The van der Waals surface area contributed by atoms with Crippen molar-refractivity contribution in [2.75, 3.05) is 12.8 Å². The molecule has 5 nitrogen and oxygen atoms in total. The standard InChI is InChI=1S/C15H18N2O3S2/c1-3-14-17-12(10-21-14)8-9-16-15(18)11-4-6-13(7-5-11)22(2,19)20/h4-7,10H,3,8-9H2,1-2H3,(H,16,18). The normalized spacial score (nSPS) is 11.4. The van der Waals surface area contributed by atoms with Gasteiger partial charge in [0.15, 0.2) is 9.84 Å². The Morgan fingerprint density at radius 3 is 2.50 bits per heavy atom. The Hall–Kier alpha value is -1.73. The fourth-order valence-corrected chi connectivity index (χ4v) is 3.30. The van der Waals surface area contributed by atoms with Crippen LogP contribution in [0.3, 0.4) is 0 Å². The number of hydrogen-bond acceptors (Lipinski definition) is 5. The number of amides is 1. The van der Waals surface area contributed by atoms with Gasteiger partial charge in [-0.25, -0.2) is 13.4 Å². The zero-order chi connectivity index (χ0) is 16.2. The molecule has 0 saturated heterocycles. The molecule has 0 radical (unpaired) electrons. The summed E-state index contributed by atoms with van der Waals surface area (Å²) in [4.78, 5) is 16.6. The average Bonchev–Trinajstić information content (AvgIpc) is 2.94. The molecule has 0 spiro atoms. The molecule has 22 heavy (non-hydrogen) atoms. The lowest BCUT2D eigenvalue weighted by Crippen LogP contribution is -2.25. The van der Waals surface area contributed by atoms with Crippen molar-refractivity contribution in [2.24, 2.45) is 0 Å². The van der Waals surface area contributed by atoms with Crippen LogP contribution in [0.4, 0.5) is 0 Å². The van der Waals surface area contributed by atoms with E-state index in [9.17, 15) is 13.2 Å². The van der Waals surface area contributed by atoms with Gasteiger partial charge in [-0.15, -0.1) is 11.3 Å². The largest absolute Gasteiger partial charge is 0.352 e. The van der Waals surface area contributed by atoms with Crippen LogP contribution >= 0.6 is 11.3 Å². The first kappa shape index (κ1) is 16.6. The summed E-state index contributed by atoms with van der Waals surface area (Å²) in [6.07, 6.45) is 2.74. The zero-order valence-electron chi connectivity index (χ0n) is 12.5. The van der Waals surface area contributed by atoms with Crippen LogP contribution in [-0.4, -0.2) is 32.1 Å². The fourth-order valence-electron chi connectivity index (χ4n) is 1.89. The number of aryl methyl sites for hydroxylation is 1. The molecule has 7 heteroatoms. The molecule has 0 aliphatic rings. The van der Waals surface area contributed by atoms with Crippen molar-refractivity contribution in [2.45, 2.75) is 24.7 Å². The van der Waals surface area contributed by atoms with Gasteiger partial charge in [0, 0.05) is 30.2 Å². The minimum atomic E-state index is -3.24. The van der Waals surface area contributed by atoms with Crippen molar-refractivity contribution >= 4 is 27.1 Å². The van der Waals surface area contributed by atoms with Gasteiger partial charge in [-0.3, -0.25) is 4.79 Å². The maximum Gasteiger partial charge on any atom is 0.251 e. The van der Waals surface area contributed by atoms with Gasteiger partial charge in [-0.1, -0.05) is 6.92 Å². The van der Waals surface area contributed by atoms with E-state index in [1.807, 2.05) is 5.38 Å². The Kier molecular flexibility index (Phi) is 5.31. The van der Waals surface area contributed by atoms with E-state index in [4.69, 9.17) is 0 Å². The first-order valence-corrected chi connectivity index (χ1v) is 9.69. The molecule has 1 heterocycles. The van der Waals surface area contributed by atoms with Crippen LogP contribution in [0.5, 0.6) is 0 Å². The first-order valence-electron chi connectivity index (χ1n) is 6.91. The van der Waals surface area contributed by atoms with E-state index in [2.05, 4.69) is 17.2 Å². The molecule has 0 atom stereocenters. The summed E-state index contributed by atoms with van der Waals surface area (Å²) in [5, 5.41) is 5.91. The Balaban J connectivity index is 1.89. The highest BCUT2D eigenvalue weighted by Gasteiger charge is 2.10. The number of benzene rings is 1. The number of sulfone groups is 1. The molecule has 2 rings (SSSR count). The molecule has 1 amide bonds. The number of nitrogens with one attached hydrogen (secondary N) is 1. The summed E-state index contributed by atoms with van der Waals surface area (Å²) in [5.41, 5.74) is 1.43. The molecular formula is C15H18N2O3S2. The SMILES string of the molecule is CCc1nc(CCNC(=O)c2ccc(S(C)(=O)=O)cc2)cs1. The Labute approximate surface area is 134 Å². The lowest BCUT2D eigenvalue weighted by Gasteiger charge is -2.05. The van der Waals surface area contributed by atoms with Gasteiger partial charge in [0.05, 0.1) is 15.6 Å². The topological polar surface area (TPSA) is 76.1 Å². The summed E-state index contributed by atoms with van der Waals surface area (Å²) < 4.78 is 22.7. The summed E-state index contributed by atoms with van der Waals surface area (Å²) in [6, 6.07) is 5.92. The third-order valence-corrected chi connectivity index (χ3v) is 5.28. The van der Waals surface area contributed by atoms with Crippen LogP contribution in [0.15, 0.2) is 34.5 Å². The third kappa shape index (κ3) is 4.38. The quantitative estimate of drug-likeness (QED) is 0.875. The van der Waals surface area contributed by atoms with E-state index >= 15 is 0 Å². The molecule has 0 aliphatic heterocycles. The number of carbonyl (C=O) groups is 1.